The minimum Gasteiger partial charge on any atom is -0.322 e. The van der Waals surface area contributed by atoms with E-state index in [1.165, 1.54) is 4.79 Å². The molecule has 0 spiro atoms. The van der Waals surface area contributed by atoms with Crippen LogP contribution < -0.4 is 16.5 Å². The van der Waals surface area contributed by atoms with Gasteiger partial charge in [0.05, 0.1) is 18.8 Å². The molecule has 4 rings (SSSR count). The number of anilines is 1. The third-order valence-electron chi connectivity index (χ3n) is 4.22. The lowest BCUT2D eigenvalue weighted by atomic mass is 9.96. The number of hydrogen-bond acceptors (Lipinski definition) is 5. The standard InChI is InChI=1S/C17H16N6O/c18-9-15(24)22-10-11-5-1-2-6-12(11)16-17(23(19)21-20-16)13-7-3-4-8-14(13)22/h1-8H,9-10,18-19H2. The molecule has 1 aromatic heterocycles. The quantitative estimate of drug-likeness (QED) is 0.654. The first-order valence-corrected chi connectivity index (χ1v) is 7.59. The predicted octanol–water partition coefficient (Wildman–Crippen LogP) is 1.13. The van der Waals surface area contributed by atoms with Gasteiger partial charge in [0.1, 0.15) is 11.4 Å². The Morgan fingerprint density at radius 2 is 1.79 bits per heavy atom. The number of nitrogen functional groups attached to an aromatic ring is 1. The van der Waals surface area contributed by atoms with Crippen LogP contribution >= 0.6 is 0 Å². The van der Waals surface area contributed by atoms with Gasteiger partial charge >= 0.3 is 0 Å². The van der Waals surface area contributed by atoms with E-state index in [2.05, 4.69) is 10.3 Å². The third-order valence-corrected chi connectivity index (χ3v) is 4.22. The van der Waals surface area contributed by atoms with Crippen LogP contribution in [0, 0.1) is 0 Å². The maximum absolute atomic E-state index is 12.5. The Morgan fingerprint density at radius 3 is 2.58 bits per heavy atom. The molecule has 0 fully saturated rings. The normalized spacial score (nSPS) is 12.6. The SMILES string of the molecule is NCC(=O)N1Cc2ccccc2-c2nnn(N)c2-c2ccccc21. The second-order valence-electron chi connectivity index (χ2n) is 5.59. The summed E-state index contributed by atoms with van der Waals surface area (Å²) in [5.74, 6) is 5.87. The zero-order valence-electron chi connectivity index (χ0n) is 12.9. The highest BCUT2D eigenvalue weighted by molar-refractivity contribution is 6.00. The first-order valence-electron chi connectivity index (χ1n) is 7.59. The third kappa shape index (κ3) is 2.06. The number of hydrogen-bond donors (Lipinski definition) is 2. The van der Waals surface area contributed by atoms with Crippen LogP contribution in [-0.4, -0.2) is 27.6 Å². The maximum Gasteiger partial charge on any atom is 0.241 e. The van der Waals surface area contributed by atoms with Gasteiger partial charge in [0.25, 0.3) is 0 Å². The number of fused-ring (bicyclic) bond motifs is 5. The van der Waals surface area contributed by atoms with E-state index in [0.29, 0.717) is 17.9 Å². The Bertz CT molecular complexity index is 932. The molecule has 7 heteroatoms. The number of carbonyl (C=O) groups is 1. The molecular weight excluding hydrogens is 304 g/mol. The number of carbonyl (C=O) groups excluding carboxylic acids is 1. The van der Waals surface area contributed by atoms with E-state index in [4.69, 9.17) is 11.6 Å². The molecule has 2 heterocycles. The molecular formula is C17H16N6O. The van der Waals surface area contributed by atoms with Gasteiger partial charge in [-0.15, -0.1) is 5.10 Å². The predicted molar refractivity (Wildman–Crippen MR) is 91.3 cm³/mol. The Balaban J connectivity index is 2.07. The van der Waals surface area contributed by atoms with Crippen molar-refractivity contribution in [2.24, 2.45) is 5.73 Å². The molecule has 2 aromatic carbocycles. The summed E-state index contributed by atoms with van der Waals surface area (Å²) in [6.07, 6.45) is 0. The number of para-hydroxylation sites is 1. The Hall–Kier alpha value is -3.19. The van der Waals surface area contributed by atoms with Crippen molar-refractivity contribution in [2.75, 3.05) is 17.3 Å². The first kappa shape index (κ1) is 14.4. The van der Waals surface area contributed by atoms with Gasteiger partial charge in [-0.25, -0.2) is 0 Å². The zero-order chi connectivity index (χ0) is 16.7. The molecule has 4 N–H and O–H groups in total. The van der Waals surface area contributed by atoms with Crippen LogP contribution in [0.2, 0.25) is 0 Å². The fraction of sp³-hybridized carbons (Fsp3) is 0.118. The van der Waals surface area contributed by atoms with Crippen molar-refractivity contribution in [3.63, 3.8) is 0 Å². The topological polar surface area (TPSA) is 103 Å². The molecule has 0 atom stereocenters. The molecule has 24 heavy (non-hydrogen) atoms. The van der Waals surface area contributed by atoms with Crippen LogP contribution in [0.25, 0.3) is 22.5 Å². The number of nitrogens with two attached hydrogens (primary N) is 2. The molecule has 7 nitrogen and oxygen atoms in total. The van der Waals surface area contributed by atoms with E-state index >= 15 is 0 Å². The lowest BCUT2D eigenvalue weighted by Crippen LogP contribution is -2.36. The number of benzene rings is 2. The summed E-state index contributed by atoms with van der Waals surface area (Å²) in [5, 5.41) is 8.23. The Morgan fingerprint density at radius 1 is 1.08 bits per heavy atom. The van der Waals surface area contributed by atoms with E-state index in [-0.39, 0.29) is 12.5 Å². The van der Waals surface area contributed by atoms with Gasteiger partial charge in [-0.05, 0) is 16.8 Å². The molecule has 0 unspecified atom stereocenters. The minimum absolute atomic E-state index is 0.0660. The number of amides is 1. The zero-order valence-corrected chi connectivity index (χ0v) is 12.9. The highest BCUT2D eigenvalue weighted by atomic mass is 16.2. The number of nitrogens with zero attached hydrogens (tertiary/aromatic N) is 4. The average molecular weight is 320 g/mol. The minimum atomic E-state index is -0.156. The number of rotatable bonds is 1. The average Bonchev–Trinajstić information content (AvgIpc) is 2.99. The second kappa shape index (κ2) is 5.47. The molecule has 3 aromatic rings. The molecule has 0 bridgehead atoms. The van der Waals surface area contributed by atoms with Gasteiger partial charge in [0.15, 0.2) is 0 Å². The van der Waals surface area contributed by atoms with Crippen molar-refractivity contribution in [1.82, 2.24) is 15.1 Å². The van der Waals surface area contributed by atoms with Crippen LogP contribution in [0.4, 0.5) is 5.69 Å². The van der Waals surface area contributed by atoms with Crippen LogP contribution in [0.1, 0.15) is 5.56 Å². The van der Waals surface area contributed by atoms with Crippen molar-refractivity contribution in [1.29, 1.82) is 0 Å². The fourth-order valence-electron chi connectivity index (χ4n) is 3.11. The van der Waals surface area contributed by atoms with Crippen LogP contribution in [0.5, 0.6) is 0 Å². The molecule has 1 aliphatic rings. The Kier molecular flexibility index (Phi) is 3.28. The smallest absolute Gasteiger partial charge is 0.241 e. The van der Waals surface area contributed by atoms with Gasteiger partial charge in [0.2, 0.25) is 5.91 Å². The van der Waals surface area contributed by atoms with Gasteiger partial charge in [-0.3, -0.25) is 4.79 Å². The van der Waals surface area contributed by atoms with Crippen molar-refractivity contribution in [3.05, 3.63) is 54.1 Å². The van der Waals surface area contributed by atoms with Gasteiger partial charge in [-0.2, -0.15) is 4.79 Å². The van der Waals surface area contributed by atoms with Crippen LogP contribution in [0.3, 0.4) is 0 Å². The second-order valence-corrected chi connectivity index (χ2v) is 5.59. The molecule has 1 aliphatic heterocycles. The maximum atomic E-state index is 12.5. The van der Waals surface area contributed by atoms with Crippen molar-refractivity contribution < 1.29 is 4.79 Å². The summed E-state index contributed by atoms with van der Waals surface area (Å²) in [7, 11) is 0. The molecule has 0 saturated carbocycles. The Labute approximate surface area is 138 Å². The molecule has 120 valence electrons. The van der Waals surface area contributed by atoms with Gasteiger partial charge in [-0.1, -0.05) is 42.5 Å². The van der Waals surface area contributed by atoms with Crippen LogP contribution in [-0.2, 0) is 11.3 Å². The lowest BCUT2D eigenvalue weighted by molar-refractivity contribution is -0.117. The van der Waals surface area contributed by atoms with Crippen molar-refractivity contribution >= 4 is 11.6 Å². The van der Waals surface area contributed by atoms with E-state index in [0.717, 1.165) is 22.4 Å². The van der Waals surface area contributed by atoms with E-state index < -0.39 is 0 Å². The lowest BCUT2D eigenvalue weighted by Gasteiger charge is -2.28. The summed E-state index contributed by atoms with van der Waals surface area (Å²) in [4.78, 5) is 15.4. The van der Waals surface area contributed by atoms with Crippen molar-refractivity contribution in [2.45, 2.75) is 6.54 Å². The highest BCUT2D eigenvalue weighted by Gasteiger charge is 2.28. The fourth-order valence-corrected chi connectivity index (χ4v) is 3.11. The number of aromatic nitrogens is 3. The van der Waals surface area contributed by atoms with E-state index in [1.807, 2.05) is 48.5 Å². The molecule has 0 radical (unpaired) electrons. The summed E-state index contributed by atoms with van der Waals surface area (Å²) in [5.41, 5.74) is 10.4. The van der Waals surface area contributed by atoms with E-state index in [9.17, 15) is 4.79 Å². The largest absolute Gasteiger partial charge is 0.322 e. The van der Waals surface area contributed by atoms with Crippen molar-refractivity contribution in [3.8, 4) is 22.5 Å². The molecule has 1 amide bonds. The molecule has 0 saturated heterocycles. The summed E-state index contributed by atoms with van der Waals surface area (Å²) >= 11 is 0. The van der Waals surface area contributed by atoms with Crippen LogP contribution in [0.15, 0.2) is 48.5 Å². The summed E-state index contributed by atoms with van der Waals surface area (Å²) < 4.78 is 0. The summed E-state index contributed by atoms with van der Waals surface area (Å²) in [6, 6.07) is 15.4. The first-order chi connectivity index (χ1) is 11.7. The van der Waals surface area contributed by atoms with E-state index in [1.54, 1.807) is 4.90 Å². The summed E-state index contributed by atoms with van der Waals surface area (Å²) in [6.45, 7) is 0.351. The molecule has 0 aliphatic carbocycles. The monoisotopic (exact) mass is 320 g/mol. The highest BCUT2D eigenvalue weighted by Crippen LogP contribution is 2.40. The van der Waals surface area contributed by atoms with Gasteiger partial charge in [0, 0.05) is 11.1 Å². The van der Waals surface area contributed by atoms with Gasteiger partial charge < -0.3 is 16.5 Å².